The maximum absolute atomic E-state index is 2.49. The van der Waals surface area contributed by atoms with Crippen LogP contribution in [0.4, 0.5) is 0 Å². The van der Waals surface area contributed by atoms with E-state index in [0.717, 1.165) is 0 Å². The minimum absolute atomic E-state index is 0.120. The Kier molecular flexibility index (Phi) is 6.12. The van der Waals surface area contributed by atoms with E-state index < -0.39 is 0 Å². The van der Waals surface area contributed by atoms with E-state index in [1.807, 2.05) is 13.8 Å². The van der Waals surface area contributed by atoms with Crippen molar-refractivity contribution < 1.29 is 0 Å². The van der Waals surface area contributed by atoms with Gasteiger partial charge >= 0.3 is 0 Å². The molecule has 2 aliphatic carbocycles. The van der Waals surface area contributed by atoms with Gasteiger partial charge in [-0.3, -0.25) is 0 Å². The SMILES string of the molecule is CC.CC1(C)c2cc3c(cc2-c2ccc4ccccc4c21)c1ccccc1n3-c1cccc(-c2ccc3c4c(cccc24)-c2ccccc2-3)c1. The van der Waals surface area contributed by atoms with Crippen LogP contribution in [0.5, 0.6) is 0 Å². The lowest BCUT2D eigenvalue weighted by atomic mass is 9.80. The third-order valence-electron chi connectivity index (χ3n) is 11.3. The second kappa shape index (κ2) is 10.5. The summed E-state index contributed by atoms with van der Waals surface area (Å²) in [6, 6.07) is 56.7. The van der Waals surface area contributed by atoms with Crippen LogP contribution in [0.3, 0.4) is 0 Å². The van der Waals surface area contributed by atoms with Crippen molar-refractivity contribution in [3.63, 3.8) is 0 Å². The number of benzene rings is 8. The Morgan fingerprint density at radius 3 is 1.90 bits per heavy atom. The molecular weight excluding hydrogens is 603 g/mol. The van der Waals surface area contributed by atoms with Crippen molar-refractivity contribution in [3.8, 4) is 50.2 Å². The smallest absolute Gasteiger partial charge is 0.0544 e. The number of hydrogen-bond acceptors (Lipinski definition) is 0. The number of aromatic nitrogens is 1. The number of hydrogen-bond donors (Lipinski definition) is 0. The first-order valence-electron chi connectivity index (χ1n) is 17.9. The lowest BCUT2D eigenvalue weighted by Crippen LogP contribution is -2.15. The molecule has 0 bridgehead atoms. The lowest BCUT2D eigenvalue weighted by Gasteiger charge is -2.23. The molecule has 1 heterocycles. The van der Waals surface area contributed by atoms with E-state index in [1.54, 1.807) is 0 Å². The van der Waals surface area contributed by atoms with Crippen LogP contribution in [-0.4, -0.2) is 4.57 Å². The molecule has 0 radical (unpaired) electrons. The predicted molar refractivity (Wildman–Crippen MR) is 215 cm³/mol. The topological polar surface area (TPSA) is 4.93 Å². The van der Waals surface area contributed by atoms with E-state index >= 15 is 0 Å². The minimum atomic E-state index is -0.120. The second-order valence-corrected chi connectivity index (χ2v) is 14.1. The van der Waals surface area contributed by atoms with Gasteiger partial charge in [0.15, 0.2) is 0 Å². The van der Waals surface area contributed by atoms with Crippen LogP contribution in [0.2, 0.25) is 0 Å². The molecule has 0 atom stereocenters. The number of para-hydroxylation sites is 1. The molecule has 0 amide bonds. The Balaban J connectivity index is 0.00000156. The normalized spacial score (nSPS) is 13.4. The fourth-order valence-electron chi connectivity index (χ4n) is 9.21. The van der Waals surface area contributed by atoms with Gasteiger partial charge in [-0.15, -0.1) is 0 Å². The molecule has 9 aromatic rings. The largest absolute Gasteiger partial charge is 0.309 e. The maximum atomic E-state index is 2.49. The van der Waals surface area contributed by atoms with Gasteiger partial charge in [0.05, 0.1) is 11.0 Å². The first-order chi connectivity index (χ1) is 24.6. The number of rotatable bonds is 2. The molecule has 11 rings (SSSR count). The van der Waals surface area contributed by atoms with Gasteiger partial charge in [-0.2, -0.15) is 0 Å². The van der Waals surface area contributed by atoms with Crippen molar-refractivity contribution >= 4 is 43.4 Å². The molecule has 2 aliphatic rings. The Hall–Kier alpha value is -5.92. The zero-order valence-corrected chi connectivity index (χ0v) is 28.9. The van der Waals surface area contributed by atoms with Crippen molar-refractivity contribution in [1.29, 1.82) is 0 Å². The third kappa shape index (κ3) is 3.78. The van der Waals surface area contributed by atoms with Crippen LogP contribution in [-0.2, 0) is 5.41 Å². The summed E-state index contributed by atoms with van der Waals surface area (Å²) in [5.74, 6) is 0. The third-order valence-corrected chi connectivity index (χ3v) is 11.3. The number of fused-ring (bicyclic) bond motifs is 11. The summed E-state index contributed by atoms with van der Waals surface area (Å²) in [7, 11) is 0. The highest BCUT2D eigenvalue weighted by molar-refractivity contribution is 6.19. The molecule has 238 valence electrons. The summed E-state index contributed by atoms with van der Waals surface area (Å²) in [5, 5.41) is 7.93. The highest BCUT2D eigenvalue weighted by Gasteiger charge is 2.37. The van der Waals surface area contributed by atoms with E-state index in [4.69, 9.17) is 0 Å². The average molecular weight is 640 g/mol. The summed E-state index contributed by atoms with van der Waals surface area (Å²) < 4.78 is 2.49. The van der Waals surface area contributed by atoms with Crippen molar-refractivity contribution in [3.05, 3.63) is 163 Å². The maximum Gasteiger partial charge on any atom is 0.0544 e. The molecule has 0 saturated carbocycles. The van der Waals surface area contributed by atoms with Crippen molar-refractivity contribution in [2.24, 2.45) is 0 Å². The molecular formula is C49H37N. The van der Waals surface area contributed by atoms with Gasteiger partial charge < -0.3 is 4.57 Å². The Morgan fingerprint density at radius 1 is 0.420 bits per heavy atom. The molecule has 0 unspecified atom stereocenters. The van der Waals surface area contributed by atoms with Crippen LogP contribution in [0.25, 0.3) is 93.5 Å². The van der Waals surface area contributed by atoms with Crippen molar-refractivity contribution in [1.82, 2.24) is 4.57 Å². The van der Waals surface area contributed by atoms with Crippen LogP contribution in [0, 0.1) is 0 Å². The summed E-state index contributed by atoms with van der Waals surface area (Å²) >= 11 is 0. The van der Waals surface area contributed by atoms with E-state index in [1.165, 1.54) is 105 Å². The first kappa shape index (κ1) is 29.0. The molecule has 0 fully saturated rings. The highest BCUT2D eigenvalue weighted by Crippen LogP contribution is 2.54. The molecule has 8 aromatic carbocycles. The van der Waals surface area contributed by atoms with Crippen LogP contribution < -0.4 is 0 Å². The molecule has 0 saturated heterocycles. The first-order valence-corrected chi connectivity index (χ1v) is 17.9. The number of nitrogens with zero attached hydrogens (tertiary/aromatic N) is 1. The Morgan fingerprint density at radius 2 is 1.06 bits per heavy atom. The molecule has 1 heteroatoms. The predicted octanol–water partition coefficient (Wildman–Crippen LogP) is 13.7. The zero-order chi connectivity index (χ0) is 33.7. The van der Waals surface area contributed by atoms with E-state index in [9.17, 15) is 0 Å². The van der Waals surface area contributed by atoms with Crippen molar-refractivity contribution in [2.75, 3.05) is 0 Å². The van der Waals surface area contributed by atoms with Gasteiger partial charge in [-0.05, 0) is 108 Å². The highest BCUT2D eigenvalue weighted by atomic mass is 15.0. The fraction of sp³-hybridized carbons (Fsp3) is 0.102. The van der Waals surface area contributed by atoms with Gasteiger partial charge in [0.1, 0.15) is 0 Å². The van der Waals surface area contributed by atoms with Crippen LogP contribution in [0.1, 0.15) is 38.8 Å². The van der Waals surface area contributed by atoms with E-state index in [2.05, 4.69) is 170 Å². The van der Waals surface area contributed by atoms with Crippen molar-refractivity contribution in [2.45, 2.75) is 33.1 Å². The zero-order valence-electron chi connectivity index (χ0n) is 28.9. The summed E-state index contributed by atoms with van der Waals surface area (Å²) in [6.07, 6.45) is 0. The van der Waals surface area contributed by atoms with E-state index in [0.29, 0.717) is 0 Å². The van der Waals surface area contributed by atoms with Gasteiger partial charge in [0.2, 0.25) is 0 Å². The molecule has 50 heavy (non-hydrogen) atoms. The molecule has 0 spiro atoms. The van der Waals surface area contributed by atoms with Crippen LogP contribution >= 0.6 is 0 Å². The summed E-state index contributed by atoms with van der Waals surface area (Å²) in [5.41, 5.74) is 17.0. The summed E-state index contributed by atoms with van der Waals surface area (Å²) in [6.45, 7) is 8.80. The monoisotopic (exact) mass is 639 g/mol. The van der Waals surface area contributed by atoms with Crippen LogP contribution in [0.15, 0.2) is 152 Å². The second-order valence-electron chi connectivity index (χ2n) is 14.1. The van der Waals surface area contributed by atoms with Gasteiger partial charge in [0.25, 0.3) is 0 Å². The van der Waals surface area contributed by atoms with E-state index in [-0.39, 0.29) is 5.41 Å². The average Bonchev–Trinajstić information content (AvgIpc) is 3.76. The minimum Gasteiger partial charge on any atom is -0.309 e. The quantitative estimate of drug-likeness (QED) is 0.177. The standard InChI is InChI=1S/C47H31N.C2H6/c1-47(2)42-27-44-41(26-40(42)39-22-21-28-11-3-4-14-32(28)46(39)47)35-17-7-8-20-43(35)48(44)30-13-9-12-29(25-30)31-23-24-38-34-16-6-5-15-33(34)37-19-10-18-36(31)45(37)38;1-2/h3-27H,1-2H3;1-2H3. The van der Waals surface area contributed by atoms with Gasteiger partial charge in [0, 0.05) is 21.9 Å². The molecule has 1 aromatic heterocycles. The Bertz CT molecular complexity index is 2830. The molecule has 0 N–H and O–H groups in total. The van der Waals surface area contributed by atoms with Gasteiger partial charge in [-0.1, -0.05) is 149 Å². The Labute approximate surface area is 293 Å². The molecule has 0 aliphatic heterocycles. The lowest BCUT2D eigenvalue weighted by molar-refractivity contribution is 0.667. The fourth-order valence-corrected chi connectivity index (χ4v) is 9.21. The van der Waals surface area contributed by atoms with Gasteiger partial charge in [-0.25, -0.2) is 0 Å². The molecule has 1 nitrogen and oxygen atoms in total. The summed E-state index contributed by atoms with van der Waals surface area (Å²) in [4.78, 5) is 0.